The minimum absolute atomic E-state index is 0.784. The highest BCUT2D eigenvalue weighted by atomic mass is 15.3. The van der Waals surface area contributed by atoms with E-state index in [-0.39, 0.29) is 0 Å². The smallest absolute Gasteiger partial charge is 0.0762 e. The van der Waals surface area contributed by atoms with Crippen LogP contribution in [0.3, 0.4) is 0 Å². The molecule has 0 fully saturated rings. The van der Waals surface area contributed by atoms with E-state index in [2.05, 4.69) is 39.7 Å². The first-order chi connectivity index (χ1) is 9.31. The Kier molecular flexibility index (Phi) is 3.25. The number of benzene rings is 1. The molecule has 0 aliphatic heterocycles. The maximum Gasteiger partial charge on any atom is 0.0762 e. The van der Waals surface area contributed by atoms with Gasteiger partial charge in [0.25, 0.3) is 0 Å². The van der Waals surface area contributed by atoms with Gasteiger partial charge in [0.2, 0.25) is 0 Å². The highest BCUT2D eigenvalue weighted by Gasteiger charge is 1.99. The van der Waals surface area contributed by atoms with Gasteiger partial charge in [0.1, 0.15) is 0 Å². The average molecular weight is 252 g/mol. The predicted octanol–water partition coefficient (Wildman–Crippen LogP) is 2.26. The van der Waals surface area contributed by atoms with Gasteiger partial charge in [-0.2, -0.15) is 5.10 Å². The highest BCUT2D eigenvalue weighted by Crippen LogP contribution is 2.13. The van der Waals surface area contributed by atoms with Crippen molar-refractivity contribution in [2.75, 3.05) is 0 Å². The van der Waals surface area contributed by atoms with E-state index in [0.29, 0.717) is 0 Å². The number of aryl methyl sites for hydroxylation is 1. The van der Waals surface area contributed by atoms with Crippen LogP contribution in [0.15, 0.2) is 48.8 Å². The second-order valence-electron chi connectivity index (χ2n) is 4.61. The molecule has 4 heteroatoms. The van der Waals surface area contributed by atoms with Gasteiger partial charge in [-0.05, 0) is 29.8 Å². The fraction of sp³-hybridized carbons (Fsp3) is 0.200. The summed E-state index contributed by atoms with van der Waals surface area (Å²) in [7, 11) is 1.93. The normalized spacial score (nSPS) is 11.0. The zero-order valence-corrected chi connectivity index (χ0v) is 10.9. The number of hydrogen-bond donors (Lipinski definition) is 1. The zero-order chi connectivity index (χ0) is 13.1. The summed E-state index contributed by atoms with van der Waals surface area (Å²) in [6.45, 7) is 1.62. The maximum atomic E-state index is 4.34. The van der Waals surface area contributed by atoms with Crippen LogP contribution in [0.5, 0.6) is 0 Å². The van der Waals surface area contributed by atoms with E-state index in [0.717, 1.165) is 24.3 Å². The Morgan fingerprint density at radius 3 is 2.95 bits per heavy atom. The molecule has 3 aromatic rings. The Bertz CT molecular complexity index is 687. The van der Waals surface area contributed by atoms with E-state index >= 15 is 0 Å². The average Bonchev–Trinajstić information content (AvgIpc) is 2.84. The van der Waals surface area contributed by atoms with E-state index in [1.54, 1.807) is 0 Å². The maximum absolute atomic E-state index is 4.34. The van der Waals surface area contributed by atoms with Gasteiger partial charge < -0.3 is 5.32 Å². The standard InChI is InChI=1S/C15H16N4/c1-19-8-6-14(18-19)11-16-10-12-4-5-15-13(9-12)3-2-7-17-15/h2-9,16H,10-11H2,1H3. The van der Waals surface area contributed by atoms with Crippen molar-refractivity contribution in [3.63, 3.8) is 0 Å². The van der Waals surface area contributed by atoms with Crippen LogP contribution in [-0.4, -0.2) is 14.8 Å². The van der Waals surface area contributed by atoms with Gasteiger partial charge in [-0.1, -0.05) is 12.1 Å². The molecule has 4 nitrogen and oxygen atoms in total. The second-order valence-corrected chi connectivity index (χ2v) is 4.61. The van der Waals surface area contributed by atoms with E-state index in [9.17, 15) is 0 Å². The van der Waals surface area contributed by atoms with Crippen LogP contribution in [0.4, 0.5) is 0 Å². The van der Waals surface area contributed by atoms with Crippen molar-refractivity contribution >= 4 is 10.9 Å². The van der Waals surface area contributed by atoms with E-state index in [4.69, 9.17) is 0 Å². The van der Waals surface area contributed by atoms with Crippen LogP contribution >= 0.6 is 0 Å². The van der Waals surface area contributed by atoms with Crippen LogP contribution in [-0.2, 0) is 20.1 Å². The third-order valence-corrected chi connectivity index (χ3v) is 3.07. The lowest BCUT2D eigenvalue weighted by molar-refractivity contribution is 0.657. The summed E-state index contributed by atoms with van der Waals surface area (Å²) >= 11 is 0. The van der Waals surface area contributed by atoms with Crippen molar-refractivity contribution in [2.24, 2.45) is 7.05 Å². The monoisotopic (exact) mass is 252 g/mol. The number of aromatic nitrogens is 3. The molecule has 96 valence electrons. The Hall–Kier alpha value is -2.20. The zero-order valence-electron chi connectivity index (χ0n) is 10.9. The third kappa shape index (κ3) is 2.80. The van der Waals surface area contributed by atoms with E-state index in [1.165, 1.54) is 10.9 Å². The van der Waals surface area contributed by atoms with Gasteiger partial charge in [0.05, 0.1) is 11.2 Å². The molecule has 0 radical (unpaired) electrons. The van der Waals surface area contributed by atoms with Crippen molar-refractivity contribution in [3.8, 4) is 0 Å². The molecule has 3 rings (SSSR count). The molecule has 0 bridgehead atoms. The number of nitrogens with zero attached hydrogens (tertiary/aromatic N) is 3. The first-order valence-electron chi connectivity index (χ1n) is 6.34. The van der Waals surface area contributed by atoms with E-state index < -0.39 is 0 Å². The first kappa shape index (κ1) is 11.9. The summed E-state index contributed by atoms with van der Waals surface area (Å²) in [5.41, 5.74) is 3.36. The van der Waals surface area contributed by atoms with Gasteiger partial charge in [-0.3, -0.25) is 9.67 Å². The van der Waals surface area contributed by atoms with Gasteiger partial charge in [0, 0.05) is 37.9 Å². The third-order valence-electron chi connectivity index (χ3n) is 3.07. The van der Waals surface area contributed by atoms with Crippen molar-refractivity contribution in [1.82, 2.24) is 20.1 Å². The topological polar surface area (TPSA) is 42.7 Å². The predicted molar refractivity (Wildman–Crippen MR) is 75.5 cm³/mol. The molecule has 0 aliphatic carbocycles. The summed E-state index contributed by atoms with van der Waals surface area (Å²) in [5, 5.41) is 8.92. The summed E-state index contributed by atoms with van der Waals surface area (Å²) in [5.74, 6) is 0. The fourth-order valence-corrected chi connectivity index (χ4v) is 2.13. The summed E-state index contributed by atoms with van der Waals surface area (Å²) < 4.78 is 1.82. The molecular formula is C15H16N4. The van der Waals surface area contributed by atoms with Crippen LogP contribution in [0.1, 0.15) is 11.3 Å². The highest BCUT2D eigenvalue weighted by molar-refractivity contribution is 5.78. The molecule has 1 N–H and O–H groups in total. The summed E-state index contributed by atoms with van der Waals surface area (Å²) in [6, 6.07) is 12.4. The molecule has 0 unspecified atom stereocenters. The lowest BCUT2D eigenvalue weighted by atomic mass is 10.1. The molecule has 19 heavy (non-hydrogen) atoms. The van der Waals surface area contributed by atoms with Gasteiger partial charge in [0.15, 0.2) is 0 Å². The fourth-order valence-electron chi connectivity index (χ4n) is 2.13. The van der Waals surface area contributed by atoms with Gasteiger partial charge in [-0.15, -0.1) is 0 Å². The molecule has 0 saturated heterocycles. The number of pyridine rings is 1. The number of nitrogens with one attached hydrogen (secondary N) is 1. The molecule has 0 amide bonds. The lowest BCUT2D eigenvalue weighted by Crippen LogP contribution is -2.13. The lowest BCUT2D eigenvalue weighted by Gasteiger charge is -2.04. The van der Waals surface area contributed by atoms with Crippen LogP contribution in [0.25, 0.3) is 10.9 Å². The van der Waals surface area contributed by atoms with Crippen molar-refractivity contribution < 1.29 is 0 Å². The van der Waals surface area contributed by atoms with Crippen LogP contribution in [0.2, 0.25) is 0 Å². The van der Waals surface area contributed by atoms with Crippen LogP contribution in [0, 0.1) is 0 Å². The molecule has 0 aliphatic rings. The summed E-state index contributed by atoms with van der Waals surface area (Å²) in [4.78, 5) is 4.32. The second kappa shape index (κ2) is 5.20. The van der Waals surface area contributed by atoms with Crippen molar-refractivity contribution in [2.45, 2.75) is 13.1 Å². The molecule has 0 saturated carbocycles. The minimum Gasteiger partial charge on any atom is -0.307 e. The van der Waals surface area contributed by atoms with Crippen molar-refractivity contribution in [3.05, 3.63) is 60.0 Å². The largest absolute Gasteiger partial charge is 0.307 e. The quantitative estimate of drug-likeness (QED) is 0.774. The van der Waals surface area contributed by atoms with Gasteiger partial charge in [-0.25, -0.2) is 0 Å². The van der Waals surface area contributed by atoms with Gasteiger partial charge >= 0.3 is 0 Å². The Labute approximate surface area is 112 Å². The number of fused-ring (bicyclic) bond motifs is 1. The molecule has 0 atom stereocenters. The SMILES string of the molecule is Cn1ccc(CNCc2ccc3ncccc3c2)n1. The first-order valence-corrected chi connectivity index (χ1v) is 6.34. The van der Waals surface area contributed by atoms with Crippen LogP contribution < -0.4 is 5.32 Å². The molecule has 2 aromatic heterocycles. The Morgan fingerprint density at radius 1 is 1.16 bits per heavy atom. The minimum atomic E-state index is 0.784. The van der Waals surface area contributed by atoms with E-state index in [1.807, 2.05) is 36.3 Å². The molecule has 0 spiro atoms. The summed E-state index contributed by atoms with van der Waals surface area (Å²) in [6.07, 6.45) is 3.78. The Morgan fingerprint density at radius 2 is 2.11 bits per heavy atom. The molecule has 1 aromatic carbocycles. The molecule has 2 heterocycles. The molecular weight excluding hydrogens is 236 g/mol. The van der Waals surface area contributed by atoms with Crippen molar-refractivity contribution in [1.29, 1.82) is 0 Å². The number of hydrogen-bond acceptors (Lipinski definition) is 3. The number of rotatable bonds is 4. The Balaban J connectivity index is 1.65.